The molecular weight excluding hydrogens is 258 g/mol. The van der Waals surface area contributed by atoms with E-state index in [9.17, 15) is 0 Å². The minimum Gasteiger partial charge on any atom is -0.497 e. The van der Waals surface area contributed by atoms with Gasteiger partial charge in [0.15, 0.2) is 12.4 Å². The van der Waals surface area contributed by atoms with Crippen molar-refractivity contribution < 1.29 is 14.0 Å². The van der Waals surface area contributed by atoms with Crippen LogP contribution in [0.1, 0.15) is 30.6 Å². The molecule has 0 aliphatic rings. The molecule has 1 heterocycles. The van der Waals surface area contributed by atoms with Gasteiger partial charge < -0.3 is 14.0 Å². The molecule has 2 rings (SSSR count). The zero-order valence-corrected chi connectivity index (χ0v) is 11.4. The molecule has 0 aliphatic carbocycles. The highest BCUT2D eigenvalue weighted by atomic mass is 16.5. The third-order valence-electron chi connectivity index (χ3n) is 2.59. The fraction of sp³-hybridized carbons (Fsp3) is 0.357. The van der Waals surface area contributed by atoms with Crippen molar-refractivity contribution in [2.24, 2.45) is 0 Å². The molecule has 6 nitrogen and oxygen atoms in total. The Morgan fingerprint density at radius 3 is 2.80 bits per heavy atom. The van der Waals surface area contributed by atoms with E-state index in [2.05, 4.69) is 10.1 Å². The Kier molecular flexibility index (Phi) is 4.56. The van der Waals surface area contributed by atoms with Gasteiger partial charge in [0.2, 0.25) is 0 Å². The lowest BCUT2D eigenvalue weighted by Crippen LogP contribution is -1.97. The molecule has 20 heavy (non-hydrogen) atoms. The summed E-state index contributed by atoms with van der Waals surface area (Å²) in [6.07, 6.45) is 1.74. The molecule has 1 aromatic carbocycles. The number of nitriles is 1. The van der Waals surface area contributed by atoms with Crippen molar-refractivity contribution in [2.45, 2.75) is 26.4 Å². The van der Waals surface area contributed by atoms with Crippen molar-refractivity contribution >= 4 is 0 Å². The van der Waals surface area contributed by atoms with Gasteiger partial charge in [0.25, 0.3) is 5.89 Å². The van der Waals surface area contributed by atoms with E-state index < -0.39 is 0 Å². The third-order valence-corrected chi connectivity index (χ3v) is 2.59. The van der Waals surface area contributed by atoms with Gasteiger partial charge in [0, 0.05) is 12.5 Å². The van der Waals surface area contributed by atoms with Crippen LogP contribution in [-0.2, 0) is 13.0 Å². The summed E-state index contributed by atoms with van der Waals surface area (Å²) >= 11 is 0. The van der Waals surface area contributed by atoms with E-state index in [1.165, 1.54) is 7.11 Å². The zero-order valence-electron chi connectivity index (χ0n) is 11.4. The van der Waals surface area contributed by atoms with Crippen LogP contribution in [0, 0.1) is 11.3 Å². The van der Waals surface area contributed by atoms with Crippen LogP contribution in [0.5, 0.6) is 11.5 Å². The number of aromatic nitrogens is 2. The SMILES string of the molecule is CCCc1noc(COc2cc(C#N)cc(OC)c2)n1. The molecular formula is C14H15N3O3. The molecule has 104 valence electrons. The van der Waals surface area contributed by atoms with E-state index in [-0.39, 0.29) is 6.61 Å². The third kappa shape index (κ3) is 3.48. The molecule has 0 amide bonds. The van der Waals surface area contributed by atoms with Crippen molar-refractivity contribution in [3.8, 4) is 17.6 Å². The number of methoxy groups -OCH3 is 1. The van der Waals surface area contributed by atoms with E-state index in [0.29, 0.717) is 28.8 Å². The van der Waals surface area contributed by atoms with Gasteiger partial charge in [-0.25, -0.2) is 0 Å². The summed E-state index contributed by atoms with van der Waals surface area (Å²) in [7, 11) is 1.54. The maximum atomic E-state index is 8.93. The molecule has 1 aromatic heterocycles. The van der Waals surface area contributed by atoms with E-state index >= 15 is 0 Å². The summed E-state index contributed by atoms with van der Waals surface area (Å²) in [5, 5.41) is 12.8. The topological polar surface area (TPSA) is 81.2 Å². The minimum atomic E-state index is 0.161. The highest BCUT2D eigenvalue weighted by Gasteiger charge is 2.08. The molecule has 0 fully saturated rings. The van der Waals surface area contributed by atoms with Crippen LogP contribution in [0.4, 0.5) is 0 Å². The second-order valence-electron chi connectivity index (χ2n) is 4.15. The highest BCUT2D eigenvalue weighted by molar-refractivity contribution is 5.43. The van der Waals surface area contributed by atoms with Gasteiger partial charge in [-0.1, -0.05) is 12.1 Å². The monoisotopic (exact) mass is 273 g/mol. The van der Waals surface area contributed by atoms with Gasteiger partial charge in [0.05, 0.1) is 18.7 Å². The van der Waals surface area contributed by atoms with Crippen molar-refractivity contribution in [1.29, 1.82) is 5.26 Å². The zero-order chi connectivity index (χ0) is 14.4. The molecule has 2 aromatic rings. The lowest BCUT2D eigenvalue weighted by Gasteiger charge is -2.06. The molecule has 0 spiro atoms. The normalized spacial score (nSPS) is 10.1. The van der Waals surface area contributed by atoms with Crippen LogP contribution >= 0.6 is 0 Å². The van der Waals surface area contributed by atoms with Crippen LogP contribution in [0.2, 0.25) is 0 Å². The second-order valence-corrected chi connectivity index (χ2v) is 4.15. The van der Waals surface area contributed by atoms with Crippen molar-refractivity contribution in [2.75, 3.05) is 7.11 Å². The first-order chi connectivity index (χ1) is 9.75. The summed E-state index contributed by atoms with van der Waals surface area (Å²) in [5.41, 5.74) is 0.469. The standard InChI is InChI=1S/C14H15N3O3/c1-3-4-13-16-14(20-17-13)9-19-12-6-10(8-15)5-11(7-12)18-2/h5-7H,3-4,9H2,1-2H3. The van der Waals surface area contributed by atoms with Gasteiger partial charge in [-0.2, -0.15) is 10.2 Å². The summed E-state index contributed by atoms with van der Waals surface area (Å²) in [6.45, 7) is 2.21. The molecule has 0 saturated carbocycles. The van der Waals surface area contributed by atoms with E-state index in [4.69, 9.17) is 19.3 Å². The van der Waals surface area contributed by atoms with E-state index in [1.54, 1.807) is 18.2 Å². The number of hydrogen-bond acceptors (Lipinski definition) is 6. The predicted molar refractivity (Wildman–Crippen MR) is 70.3 cm³/mol. The molecule has 0 bridgehead atoms. The quantitative estimate of drug-likeness (QED) is 0.804. The Morgan fingerprint density at radius 2 is 2.10 bits per heavy atom. The largest absolute Gasteiger partial charge is 0.497 e. The Balaban J connectivity index is 2.04. The molecule has 0 saturated heterocycles. The van der Waals surface area contributed by atoms with Crippen LogP contribution in [0.3, 0.4) is 0 Å². The number of hydrogen-bond donors (Lipinski definition) is 0. The Labute approximate surface area is 116 Å². The number of benzene rings is 1. The molecule has 0 unspecified atom stereocenters. The fourth-order valence-electron chi connectivity index (χ4n) is 1.66. The van der Waals surface area contributed by atoms with Crippen LogP contribution in [-0.4, -0.2) is 17.3 Å². The van der Waals surface area contributed by atoms with Gasteiger partial charge in [-0.15, -0.1) is 0 Å². The first-order valence-electron chi connectivity index (χ1n) is 6.28. The fourth-order valence-corrected chi connectivity index (χ4v) is 1.66. The summed E-state index contributed by atoms with van der Waals surface area (Å²) in [6, 6.07) is 7.02. The summed E-state index contributed by atoms with van der Waals surface area (Å²) in [5.74, 6) is 2.18. The smallest absolute Gasteiger partial charge is 0.264 e. The average molecular weight is 273 g/mol. The van der Waals surface area contributed by atoms with E-state index in [1.807, 2.05) is 13.0 Å². The van der Waals surface area contributed by atoms with Crippen molar-refractivity contribution in [3.05, 3.63) is 35.5 Å². The van der Waals surface area contributed by atoms with Gasteiger partial charge >= 0.3 is 0 Å². The number of ether oxygens (including phenoxy) is 2. The van der Waals surface area contributed by atoms with Crippen LogP contribution in [0.15, 0.2) is 22.7 Å². The first-order valence-corrected chi connectivity index (χ1v) is 6.28. The maximum Gasteiger partial charge on any atom is 0.264 e. The van der Waals surface area contributed by atoms with E-state index in [0.717, 1.165) is 12.8 Å². The number of nitrogens with zero attached hydrogens (tertiary/aromatic N) is 3. The molecule has 0 aliphatic heterocycles. The van der Waals surface area contributed by atoms with Gasteiger partial charge in [-0.05, 0) is 18.6 Å². The Morgan fingerprint density at radius 1 is 1.30 bits per heavy atom. The molecule has 0 radical (unpaired) electrons. The predicted octanol–water partition coefficient (Wildman–Crippen LogP) is 2.48. The molecule has 0 N–H and O–H groups in total. The van der Waals surface area contributed by atoms with Crippen LogP contribution in [0.25, 0.3) is 0 Å². The lowest BCUT2D eigenvalue weighted by atomic mass is 10.2. The number of rotatable bonds is 6. The second kappa shape index (κ2) is 6.57. The minimum absolute atomic E-state index is 0.161. The average Bonchev–Trinajstić information content (AvgIpc) is 2.93. The van der Waals surface area contributed by atoms with Crippen LogP contribution < -0.4 is 9.47 Å². The molecule has 0 atom stereocenters. The Bertz CT molecular complexity index is 616. The van der Waals surface area contributed by atoms with Crippen molar-refractivity contribution in [3.63, 3.8) is 0 Å². The van der Waals surface area contributed by atoms with Crippen molar-refractivity contribution in [1.82, 2.24) is 10.1 Å². The maximum absolute atomic E-state index is 8.93. The number of aryl methyl sites for hydroxylation is 1. The first kappa shape index (κ1) is 13.9. The summed E-state index contributed by atoms with van der Waals surface area (Å²) < 4.78 is 15.7. The Hall–Kier alpha value is -2.55. The molecule has 6 heteroatoms. The van der Waals surface area contributed by atoms with Gasteiger partial charge in [-0.3, -0.25) is 0 Å². The summed E-state index contributed by atoms with van der Waals surface area (Å²) in [4.78, 5) is 4.20. The lowest BCUT2D eigenvalue weighted by molar-refractivity contribution is 0.241. The highest BCUT2D eigenvalue weighted by Crippen LogP contribution is 2.23. The van der Waals surface area contributed by atoms with Gasteiger partial charge in [0.1, 0.15) is 11.5 Å².